The molecule has 1 aliphatic rings. The van der Waals surface area contributed by atoms with Crippen molar-refractivity contribution in [1.29, 1.82) is 5.26 Å². The van der Waals surface area contributed by atoms with E-state index in [1.165, 1.54) is 4.90 Å². The molecule has 1 fully saturated rings. The lowest BCUT2D eigenvalue weighted by Crippen LogP contribution is -2.52. The number of benzene rings is 2. The van der Waals surface area contributed by atoms with Crippen LogP contribution in [0.4, 0.5) is 4.79 Å². The maximum atomic E-state index is 12.6. The number of piperidine rings is 1. The molecule has 1 aliphatic heterocycles. The largest absolute Gasteiger partial charge is 0.445 e. The summed E-state index contributed by atoms with van der Waals surface area (Å²) >= 11 is 9.65. The van der Waals surface area contributed by atoms with Crippen LogP contribution in [0.15, 0.2) is 46.9 Å². The molecule has 8 heteroatoms. The Morgan fingerprint density at radius 2 is 2.03 bits per heavy atom. The smallest absolute Gasteiger partial charge is 0.410 e. The number of nitriles is 1. The van der Waals surface area contributed by atoms with Crippen LogP contribution < -0.4 is 0 Å². The van der Waals surface area contributed by atoms with Gasteiger partial charge in [0.15, 0.2) is 0 Å². The highest BCUT2D eigenvalue weighted by atomic mass is 79.9. The summed E-state index contributed by atoms with van der Waals surface area (Å²) in [6, 6.07) is 15.1. The van der Waals surface area contributed by atoms with Crippen LogP contribution in [0.5, 0.6) is 0 Å². The van der Waals surface area contributed by atoms with Crippen molar-refractivity contribution in [3.05, 3.63) is 68.7 Å². The van der Waals surface area contributed by atoms with Crippen molar-refractivity contribution in [2.45, 2.75) is 38.4 Å². The van der Waals surface area contributed by atoms with Gasteiger partial charge in [0.2, 0.25) is 5.60 Å². The third kappa shape index (κ3) is 5.99. The van der Waals surface area contributed by atoms with Gasteiger partial charge in [-0.3, -0.25) is 4.79 Å². The minimum absolute atomic E-state index is 0.0336. The first-order chi connectivity index (χ1) is 14.8. The minimum atomic E-state index is -1.41. The fraction of sp³-hybridized carbons (Fsp3) is 0.348. The van der Waals surface area contributed by atoms with Gasteiger partial charge in [-0.05, 0) is 52.0 Å². The van der Waals surface area contributed by atoms with Crippen molar-refractivity contribution < 1.29 is 19.1 Å². The van der Waals surface area contributed by atoms with Crippen LogP contribution >= 0.6 is 27.5 Å². The van der Waals surface area contributed by atoms with Crippen molar-refractivity contribution in [2.24, 2.45) is 0 Å². The molecule has 2 aromatic carbocycles. The Kier molecular flexibility index (Phi) is 7.58. The molecular weight excluding hydrogens is 484 g/mol. The number of hydrogen-bond acceptors (Lipinski definition) is 5. The molecule has 162 valence electrons. The zero-order valence-electron chi connectivity index (χ0n) is 17.1. The summed E-state index contributed by atoms with van der Waals surface area (Å²) in [5, 5.41) is 10.2. The van der Waals surface area contributed by atoms with E-state index < -0.39 is 17.7 Å². The SMILES string of the molecule is Cc1cc(Br)c(Cl)c(CC(=O)OC2(C#N)CCCN(C(=O)OCc3ccccc3)C2)c1. The van der Waals surface area contributed by atoms with Crippen molar-refractivity contribution in [2.75, 3.05) is 13.1 Å². The van der Waals surface area contributed by atoms with E-state index >= 15 is 0 Å². The molecule has 0 aliphatic carbocycles. The van der Waals surface area contributed by atoms with Gasteiger partial charge in [0.05, 0.1) is 18.0 Å². The van der Waals surface area contributed by atoms with Gasteiger partial charge < -0.3 is 14.4 Å². The quantitative estimate of drug-likeness (QED) is 0.522. The first kappa shape index (κ1) is 23.1. The van der Waals surface area contributed by atoms with Gasteiger partial charge in [-0.15, -0.1) is 0 Å². The molecule has 1 atom stereocenters. The summed E-state index contributed by atoms with van der Waals surface area (Å²) in [6.45, 7) is 2.43. The number of carbonyl (C=O) groups excluding carboxylic acids is 2. The van der Waals surface area contributed by atoms with Crippen LogP contribution in [-0.2, 0) is 27.3 Å². The lowest BCUT2D eigenvalue weighted by molar-refractivity contribution is -0.157. The molecule has 1 saturated heterocycles. The highest BCUT2D eigenvalue weighted by molar-refractivity contribution is 9.10. The first-order valence-electron chi connectivity index (χ1n) is 9.85. The maximum absolute atomic E-state index is 12.6. The number of aryl methyl sites for hydroxylation is 1. The molecule has 1 heterocycles. The van der Waals surface area contributed by atoms with Gasteiger partial charge in [0, 0.05) is 17.4 Å². The predicted octanol–water partition coefficient (Wildman–Crippen LogP) is 5.19. The normalized spacial score (nSPS) is 18.2. The van der Waals surface area contributed by atoms with E-state index in [0.29, 0.717) is 34.4 Å². The number of likely N-dealkylation sites (tertiary alicyclic amines) is 1. The van der Waals surface area contributed by atoms with Crippen molar-refractivity contribution >= 4 is 39.6 Å². The van der Waals surface area contributed by atoms with E-state index in [1.54, 1.807) is 0 Å². The summed E-state index contributed by atoms with van der Waals surface area (Å²) in [4.78, 5) is 26.5. The number of hydrogen-bond donors (Lipinski definition) is 0. The molecular formula is C23H22BrClN2O4. The molecule has 0 radical (unpaired) electrons. The zero-order chi connectivity index (χ0) is 22.4. The van der Waals surface area contributed by atoms with Crippen LogP contribution in [0.2, 0.25) is 5.02 Å². The van der Waals surface area contributed by atoms with Crippen LogP contribution in [0.25, 0.3) is 0 Å². The lowest BCUT2D eigenvalue weighted by atomic mass is 9.94. The molecule has 1 unspecified atom stereocenters. The van der Waals surface area contributed by atoms with E-state index in [-0.39, 0.29) is 19.6 Å². The topological polar surface area (TPSA) is 79.6 Å². The van der Waals surface area contributed by atoms with Crippen LogP contribution in [0.3, 0.4) is 0 Å². The fourth-order valence-corrected chi connectivity index (χ4v) is 4.31. The highest BCUT2D eigenvalue weighted by Gasteiger charge is 2.41. The standard InChI is InChI=1S/C23H22BrClN2O4/c1-16-10-18(21(25)19(24)11-16)12-20(28)31-23(14-26)8-5-9-27(15-23)22(29)30-13-17-6-3-2-4-7-17/h2-4,6-7,10-11H,5,8-9,12-13,15H2,1H3. The molecule has 0 aromatic heterocycles. The average Bonchev–Trinajstić information content (AvgIpc) is 2.76. The summed E-state index contributed by atoms with van der Waals surface area (Å²) in [7, 11) is 0. The number of halogens is 2. The van der Waals surface area contributed by atoms with Gasteiger partial charge in [-0.2, -0.15) is 5.26 Å². The lowest BCUT2D eigenvalue weighted by Gasteiger charge is -2.37. The van der Waals surface area contributed by atoms with E-state index in [1.807, 2.05) is 49.4 Å². The van der Waals surface area contributed by atoms with Crippen molar-refractivity contribution in [3.63, 3.8) is 0 Å². The molecule has 3 rings (SSSR count). The minimum Gasteiger partial charge on any atom is -0.445 e. The monoisotopic (exact) mass is 504 g/mol. The summed E-state index contributed by atoms with van der Waals surface area (Å²) in [5.41, 5.74) is 1.02. The summed E-state index contributed by atoms with van der Waals surface area (Å²) < 4.78 is 11.6. The molecule has 1 amide bonds. The average molecular weight is 506 g/mol. The number of esters is 1. The Hall–Kier alpha value is -2.56. The first-order valence-corrected chi connectivity index (χ1v) is 11.0. The second-order valence-electron chi connectivity index (χ2n) is 7.54. The van der Waals surface area contributed by atoms with Gasteiger partial charge in [-0.1, -0.05) is 48.0 Å². The van der Waals surface area contributed by atoms with Crippen LogP contribution in [0, 0.1) is 18.3 Å². The Morgan fingerprint density at radius 1 is 1.29 bits per heavy atom. The van der Waals surface area contributed by atoms with E-state index in [9.17, 15) is 14.9 Å². The summed E-state index contributed by atoms with van der Waals surface area (Å²) in [5.74, 6) is -0.569. The van der Waals surface area contributed by atoms with Crippen LogP contribution in [0.1, 0.15) is 29.5 Å². The molecule has 0 bridgehead atoms. The number of nitrogens with zero attached hydrogens (tertiary/aromatic N) is 2. The molecule has 0 saturated carbocycles. The Bertz CT molecular complexity index is 1010. The molecule has 0 spiro atoms. The number of rotatable bonds is 5. The second-order valence-corrected chi connectivity index (χ2v) is 8.77. The molecule has 2 aromatic rings. The number of ether oxygens (including phenoxy) is 2. The van der Waals surface area contributed by atoms with Gasteiger partial charge in [0.1, 0.15) is 12.7 Å². The predicted molar refractivity (Wildman–Crippen MR) is 119 cm³/mol. The Morgan fingerprint density at radius 3 is 2.74 bits per heavy atom. The number of carbonyl (C=O) groups is 2. The molecule has 6 nitrogen and oxygen atoms in total. The van der Waals surface area contributed by atoms with E-state index in [0.717, 1.165) is 11.1 Å². The van der Waals surface area contributed by atoms with Crippen LogP contribution in [-0.4, -0.2) is 35.7 Å². The number of amides is 1. The van der Waals surface area contributed by atoms with Gasteiger partial charge >= 0.3 is 12.1 Å². The third-order valence-electron chi connectivity index (χ3n) is 5.01. The third-order valence-corrected chi connectivity index (χ3v) is 6.31. The molecule has 31 heavy (non-hydrogen) atoms. The van der Waals surface area contributed by atoms with Crippen molar-refractivity contribution in [3.8, 4) is 6.07 Å². The van der Waals surface area contributed by atoms with Gasteiger partial charge in [-0.25, -0.2) is 4.79 Å². The second kappa shape index (κ2) is 10.2. The zero-order valence-corrected chi connectivity index (χ0v) is 19.4. The van der Waals surface area contributed by atoms with Gasteiger partial charge in [0.25, 0.3) is 0 Å². The van der Waals surface area contributed by atoms with E-state index in [2.05, 4.69) is 22.0 Å². The Labute approximate surface area is 194 Å². The van der Waals surface area contributed by atoms with Crippen molar-refractivity contribution in [1.82, 2.24) is 4.90 Å². The molecule has 0 N–H and O–H groups in total. The summed E-state index contributed by atoms with van der Waals surface area (Å²) in [6.07, 6.45) is 0.270. The maximum Gasteiger partial charge on any atom is 0.410 e. The highest BCUT2D eigenvalue weighted by Crippen LogP contribution is 2.30. The van der Waals surface area contributed by atoms with E-state index in [4.69, 9.17) is 21.1 Å². The fourth-order valence-electron chi connectivity index (χ4n) is 3.52. The Balaban J connectivity index is 1.63.